The molecule has 1 aliphatic rings. The number of nitrogens with zero attached hydrogens (tertiary/aromatic N) is 2. The molecule has 2 heterocycles. The normalized spacial score (nSPS) is 17.3. The predicted molar refractivity (Wildman–Crippen MR) is 127 cm³/mol. The molecule has 0 radical (unpaired) electrons. The van der Waals surface area contributed by atoms with Crippen LogP contribution in [0.1, 0.15) is 36.6 Å². The number of hydrogen-bond acceptors (Lipinski definition) is 6. The van der Waals surface area contributed by atoms with E-state index in [1.54, 1.807) is 62.0 Å². The molecule has 0 spiro atoms. The van der Waals surface area contributed by atoms with Crippen molar-refractivity contribution >= 4 is 17.4 Å². The van der Waals surface area contributed by atoms with Gasteiger partial charge in [0.1, 0.15) is 17.3 Å². The molecule has 34 heavy (non-hydrogen) atoms. The molecule has 2 aromatic carbocycles. The van der Waals surface area contributed by atoms with Gasteiger partial charge in [0.05, 0.1) is 31.4 Å². The van der Waals surface area contributed by atoms with Crippen molar-refractivity contribution in [2.24, 2.45) is 0 Å². The molecule has 7 heteroatoms. The molecule has 1 N–H and O–H groups in total. The zero-order valence-electron chi connectivity index (χ0n) is 19.3. The Bertz CT molecular complexity index is 1220. The number of aliphatic hydroxyl groups is 1. The van der Waals surface area contributed by atoms with E-state index in [0.29, 0.717) is 22.6 Å². The zero-order valence-corrected chi connectivity index (χ0v) is 19.3. The highest BCUT2D eigenvalue weighted by molar-refractivity contribution is 6.46. The van der Waals surface area contributed by atoms with Crippen molar-refractivity contribution in [1.29, 1.82) is 0 Å². The van der Waals surface area contributed by atoms with E-state index in [9.17, 15) is 14.7 Å². The van der Waals surface area contributed by atoms with Crippen LogP contribution in [0.5, 0.6) is 11.5 Å². The molecule has 0 bridgehead atoms. The van der Waals surface area contributed by atoms with Crippen molar-refractivity contribution in [2.75, 3.05) is 7.11 Å². The van der Waals surface area contributed by atoms with E-state index in [0.717, 1.165) is 5.56 Å². The summed E-state index contributed by atoms with van der Waals surface area (Å²) < 4.78 is 11.1. The fourth-order valence-corrected chi connectivity index (χ4v) is 4.06. The average molecular weight is 459 g/mol. The molecule has 0 saturated carbocycles. The number of likely N-dealkylation sites (tertiary alicyclic amines) is 1. The molecular weight excluding hydrogens is 432 g/mol. The SMILES string of the molecule is COc1ccccc1CN1C(=O)C(=O)/C(=C(/O)c2ccc(OC(C)C)cc2)C1c1cccnc1. The van der Waals surface area contributed by atoms with Gasteiger partial charge in [-0.15, -0.1) is 0 Å². The summed E-state index contributed by atoms with van der Waals surface area (Å²) in [7, 11) is 1.55. The number of Topliss-reactive ketones (excluding diaryl/α,β-unsaturated/α-hetero) is 1. The van der Waals surface area contributed by atoms with E-state index in [2.05, 4.69) is 4.98 Å². The number of ether oxygens (including phenoxy) is 2. The number of benzene rings is 2. The van der Waals surface area contributed by atoms with E-state index in [4.69, 9.17) is 9.47 Å². The fourth-order valence-electron chi connectivity index (χ4n) is 4.06. The summed E-state index contributed by atoms with van der Waals surface area (Å²) in [5.74, 6) is -0.433. The number of para-hydroxylation sites is 1. The summed E-state index contributed by atoms with van der Waals surface area (Å²) >= 11 is 0. The maximum atomic E-state index is 13.2. The number of hydrogen-bond donors (Lipinski definition) is 1. The average Bonchev–Trinajstić information content (AvgIpc) is 3.09. The van der Waals surface area contributed by atoms with Crippen LogP contribution in [-0.4, -0.2) is 39.9 Å². The number of carbonyl (C=O) groups is 2. The maximum absolute atomic E-state index is 13.2. The van der Waals surface area contributed by atoms with Gasteiger partial charge in [-0.1, -0.05) is 24.3 Å². The summed E-state index contributed by atoms with van der Waals surface area (Å²) in [6.07, 6.45) is 3.22. The van der Waals surface area contributed by atoms with Crippen LogP contribution in [0.15, 0.2) is 78.6 Å². The highest BCUT2D eigenvalue weighted by Crippen LogP contribution is 2.40. The van der Waals surface area contributed by atoms with E-state index < -0.39 is 17.7 Å². The highest BCUT2D eigenvalue weighted by atomic mass is 16.5. The van der Waals surface area contributed by atoms with Crippen LogP contribution in [0.2, 0.25) is 0 Å². The molecule has 7 nitrogen and oxygen atoms in total. The Morgan fingerprint density at radius 3 is 2.44 bits per heavy atom. The summed E-state index contributed by atoms with van der Waals surface area (Å²) in [6, 6.07) is 16.8. The Balaban J connectivity index is 1.79. The molecular formula is C27H26N2O5. The second-order valence-electron chi connectivity index (χ2n) is 8.22. The summed E-state index contributed by atoms with van der Waals surface area (Å²) in [5, 5.41) is 11.2. The number of aromatic nitrogens is 1. The van der Waals surface area contributed by atoms with Crippen LogP contribution >= 0.6 is 0 Å². The number of amides is 1. The Morgan fingerprint density at radius 2 is 1.79 bits per heavy atom. The Hall–Kier alpha value is -4.13. The largest absolute Gasteiger partial charge is 0.507 e. The van der Waals surface area contributed by atoms with Crippen LogP contribution in [0.3, 0.4) is 0 Å². The van der Waals surface area contributed by atoms with Crippen molar-refractivity contribution in [3.63, 3.8) is 0 Å². The van der Waals surface area contributed by atoms with E-state index in [-0.39, 0.29) is 24.0 Å². The first-order valence-electron chi connectivity index (χ1n) is 11.0. The second-order valence-corrected chi connectivity index (χ2v) is 8.22. The van der Waals surface area contributed by atoms with Gasteiger partial charge in [0, 0.05) is 23.5 Å². The molecule has 1 amide bonds. The monoisotopic (exact) mass is 458 g/mol. The lowest BCUT2D eigenvalue weighted by atomic mass is 9.96. The van der Waals surface area contributed by atoms with E-state index >= 15 is 0 Å². The van der Waals surface area contributed by atoms with Gasteiger partial charge in [-0.3, -0.25) is 14.6 Å². The smallest absolute Gasteiger partial charge is 0.295 e. The summed E-state index contributed by atoms with van der Waals surface area (Å²) in [4.78, 5) is 32.0. The molecule has 1 aromatic heterocycles. The third-order valence-electron chi connectivity index (χ3n) is 5.57. The number of pyridine rings is 1. The molecule has 1 unspecified atom stereocenters. The number of aliphatic hydroxyl groups excluding tert-OH is 1. The van der Waals surface area contributed by atoms with Crippen molar-refractivity contribution in [2.45, 2.75) is 32.5 Å². The molecule has 3 aromatic rings. The zero-order chi connectivity index (χ0) is 24.2. The first-order chi connectivity index (χ1) is 16.4. The van der Waals surface area contributed by atoms with Crippen LogP contribution in [0, 0.1) is 0 Å². The number of rotatable bonds is 7. The van der Waals surface area contributed by atoms with Gasteiger partial charge < -0.3 is 19.5 Å². The molecule has 4 rings (SSSR count). The molecule has 1 saturated heterocycles. The van der Waals surface area contributed by atoms with Crippen molar-refractivity contribution < 1.29 is 24.2 Å². The summed E-state index contributed by atoms with van der Waals surface area (Å²) in [6.45, 7) is 3.97. The molecule has 0 aliphatic carbocycles. The second kappa shape index (κ2) is 9.79. The Kier molecular flexibility index (Phi) is 6.63. The van der Waals surface area contributed by atoms with Gasteiger partial charge in [-0.2, -0.15) is 0 Å². The topological polar surface area (TPSA) is 89.0 Å². The third kappa shape index (κ3) is 4.50. The lowest BCUT2D eigenvalue weighted by molar-refractivity contribution is -0.140. The van der Waals surface area contributed by atoms with Crippen LogP contribution in [0.25, 0.3) is 5.76 Å². The van der Waals surface area contributed by atoms with Crippen molar-refractivity contribution in [3.05, 3.63) is 95.3 Å². The van der Waals surface area contributed by atoms with Crippen molar-refractivity contribution in [1.82, 2.24) is 9.88 Å². The third-order valence-corrected chi connectivity index (χ3v) is 5.57. The van der Waals surface area contributed by atoms with Gasteiger partial charge >= 0.3 is 0 Å². The maximum Gasteiger partial charge on any atom is 0.295 e. The van der Waals surface area contributed by atoms with Crippen LogP contribution in [0.4, 0.5) is 0 Å². The molecule has 1 atom stereocenters. The minimum Gasteiger partial charge on any atom is -0.507 e. The van der Waals surface area contributed by atoms with Gasteiger partial charge in [-0.05, 0) is 55.8 Å². The number of carbonyl (C=O) groups excluding carboxylic acids is 2. The van der Waals surface area contributed by atoms with E-state index in [1.165, 1.54) is 4.90 Å². The fraction of sp³-hybridized carbons (Fsp3) is 0.222. The Morgan fingerprint density at radius 1 is 1.06 bits per heavy atom. The molecule has 1 fully saturated rings. The van der Waals surface area contributed by atoms with Crippen molar-refractivity contribution in [3.8, 4) is 11.5 Å². The molecule has 174 valence electrons. The Labute approximate surface area is 198 Å². The quantitative estimate of drug-likeness (QED) is 0.319. The van der Waals surface area contributed by atoms with Gasteiger partial charge in [0.25, 0.3) is 11.7 Å². The van der Waals surface area contributed by atoms with Crippen LogP contribution in [-0.2, 0) is 16.1 Å². The van der Waals surface area contributed by atoms with E-state index in [1.807, 2.05) is 32.0 Å². The minimum atomic E-state index is -0.801. The highest BCUT2D eigenvalue weighted by Gasteiger charge is 2.46. The lowest BCUT2D eigenvalue weighted by Crippen LogP contribution is -2.29. The first-order valence-corrected chi connectivity index (χ1v) is 11.0. The van der Waals surface area contributed by atoms with Gasteiger partial charge in [0.15, 0.2) is 0 Å². The molecule has 1 aliphatic heterocycles. The van der Waals surface area contributed by atoms with Gasteiger partial charge in [0.2, 0.25) is 0 Å². The number of ketones is 1. The lowest BCUT2D eigenvalue weighted by Gasteiger charge is -2.25. The summed E-state index contributed by atoms with van der Waals surface area (Å²) in [5.41, 5.74) is 1.81. The minimum absolute atomic E-state index is 0.00494. The number of methoxy groups -OCH3 is 1. The van der Waals surface area contributed by atoms with Gasteiger partial charge in [-0.25, -0.2) is 0 Å². The standard InChI is InChI=1S/C27H26N2O5/c1-17(2)34-21-12-10-18(11-13-21)25(30)23-24(19-8-6-14-28-15-19)29(27(32)26(23)31)16-20-7-4-5-9-22(20)33-3/h4-15,17,24,30H,16H2,1-3H3/b25-23+. The van der Waals surface area contributed by atoms with Crippen LogP contribution < -0.4 is 9.47 Å². The predicted octanol–water partition coefficient (Wildman–Crippen LogP) is 4.50. The first kappa shape index (κ1) is 23.0.